The zero-order valence-corrected chi connectivity index (χ0v) is 14.3. The Morgan fingerprint density at radius 3 is 2.88 bits per heavy atom. The SMILES string of the molecule is COC(=O)N1CC=C(c2cnc(N)c(-c3nc4ccccc4[nH]3)n2)CC1. The number of nitrogens with two attached hydrogens (primary N) is 1. The largest absolute Gasteiger partial charge is 0.453 e. The summed E-state index contributed by atoms with van der Waals surface area (Å²) in [5.74, 6) is 0.908. The fourth-order valence-corrected chi connectivity index (χ4v) is 2.99. The summed E-state index contributed by atoms with van der Waals surface area (Å²) in [4.78, 5) is 30.0. The van der Waals surface area contributed by atoms with Gasteiger partial charge in [-0.25, -0.2) is 19.7 Å². The summed E-state index contributed by atoms with van der Waals surface area (Å²) in [6.45, 7) is 1.05. The zero-order chi connectivity index (χ0) is 18.1. The van der Waals surface area contributed by atoms with Gasteiger partial charge in [0.05, 0.1) is 30.0 Å². The molecule has 0 unspecified atom stereocenters. The smallest absolute Gasteiger partial charge is 0.409 e. The summed E-state index contributed by atoms with van der Waals surface area (Å²) in [6, 6.07) is 7.74. The highest BCUT2D eigenvalue weighted by molar-refractivity contribution is 5.81. The summed E-state index contributed by atoms with van der Waals surface area (Å²) in [7, 11) is 1.38. The van der Waals surface area contributed by atoms with E-state index in [0.717, 1.165) is 22.3 Å². The Kier molecular flexibility index (Phi) is 4.00. The van der Waals surface area contributed by atoms with E-state index in [4.69, 9.17) is 10.5 Å². The van der Waals surface area contributed by atoms with E-state index in [1.165, 1.54) is 7.11 Å². The van der Waals surface area contributed by atoms with Crippen molar-refractivity contribution in [3.8, 4) is 11.5 Å². The van der Waals surface area contributed by atoms with Crippen LogP contribution in [0, 0.1) is 0 Å². The lowest BCUT2D eigenvalue weighted by atomic mass is 10.1. The van der Waals surface area contributed by atoms with Crippen LogP contribution in [-0.4, -0.2) is 51.1 Å². The molecule has 0 radical (unpaired) electrons. The molecule has 1 aliphatic heterocycles. The number of aromatic nitrogens is 4. The van der Waals surface area contributed by atoms with Crippen LogP contribution >= 0.6 is 0 Å². The second kappa shape index (κ2) is 6.47. The number of nitrogen functional groups attached to an aromatic ring is 1. The number of H-pyrrole nitrogens is 1. The van der Waals surface area contributed by atoms with Crippen molar-refractivity contribution in [1.82, 2.24) is 24.8 Å². The van der Waals surface area contributed by atoms with Crippen LogP contribution in [0.25, 0.3) is 28.1 Å². The molecule has 0 saturated carbocycles. The number of aromatic amines is 1. The summed E-state index contributed by atoms with van der Waals surface area (Å²) < 4.78 is 4.75. The van der Waals surface area contributed by atoms with Gasteiger partial charge in [-0.15, -0.1) is 0 Å². The maximum absolute atomic E-state index is 11.6. The predicted molar refractivity (Wildman–Crippen MR) is 98.1 cm³/mol. The monoisotopic (exact) mass is 350 g/mol. The van der Waals surface area contributed by atoms with Crippen molar-refractivity contribution in [2.75, 3.05) is 25.9 Å². The van der Waals surface area contributed by atoms with E-state index in [-0.39, 0.29) is 6.09 Å². The van der Waals surface area contributed by atoms with Crippen molar-refractivity contribution < 1.29 is 9.53 Å². The lowest BCUT2D eigenvalue weighted by molar-refractivity contribution is 0.128. The van der Waals surface area contributed by atoms with Crippen molar-refractivity contribution in [3.05, 3.63) is 42.2 Å². The van der Waals surface area contributed by atoms with Crippen LogP contribution in [0.1, 0.15) is 12.1 Å². The van der Waals surface area contributed by atoms with Gasteiger partial charge < -0.3 is 20.4 Å². The van der Waals surface area contributed by atoms with E-state index in [2.05, 4.69) is 19.9 Å². The van der Waals surface area contributed by atoms with Crippen molar-refractivity contribution in [3.63, 3.8) is 0 Å². The Labute approximate surface area is 149 Å². The van der Waals surface area contributed by atoms with Gasteiger partial charge in [0.1, 0.15) is 5.69 Å². The molecule has 3 N–H and O–H groups in total. The second-order valence-corrected chi connectivity index (χ2v) is 5.99. The summed E-state index contributed by atoms with van der Waals surface area (Å²) in [5.41, 5.74) is 10.1. The number of rotatable bonds is 2. The number of benzene rings is 1. The molecule has 0 bridgehead atoms. The molecule has 1 aliphatic rings. The molecule has 8 heteroatoms. The van der Waals surface area contributed by atoms with Crippen LogP contribution in [0.4, 0.5) is 10.6 Å². The van der Waals surface area contributed by atoms with Crippen LogP contribution in [0.15, 0.2) is 36.5 Å². The number of nitrogens with zero attached hydrogens (tertiary/aromatic N) is 4. The minimum atomic E-state index is -0.327. The molecule has 3 aromatic rings. The lowest BCUT2D eigenvalue weighted by Crippen LogP contribution is -2.34. The number of anilines is 1. The van der Waals surface area contributed by atoms with Gasteiger partial charge in [0.25, 0.3) is 0 Å². The lowest BCUT2D eigenvalue weighted by Gasteiger charge is -2.24. The quantitative estimate of drug-likeness (QED) is 0.734. The molecule has 2 aromatic heterocycles. The van der Waals surface area contributed by atoms with Crippen molar-refractivity contribution in [2.24, 2.45) is 0 Å². The van der Waals surface area contributed by atoms with Gasteiger partial charge >= 0.3 is 6.09 Å². The number of carbonyl (C=O) groups excluding carboxylic acids is 1. The minimum absolute atomic E-state index is 0.320. The van der Waals surface area contributed by atoms with Crippen LogP contribution < -0.4 is 5.73 Å². The molecule has 26 heavy (non-hydrogen) atoms. The Morgan fingerprint density at radius 2 is 2.15 bits per heavy atom. The van der Waals surface area contributed by atoms with E-state index >= 15 is 0 Å². The number of ether oxygens (including phenoxy) is 1. The number of nitrogens with one attached hydrogen (secondary N) is 1. The molecule has 0 saturated heterocycles. The molecule has 8 nitrogen and oxygen atoms in total. The van der Waals surface area contributed by atoms with Crippen LogP contribution in [0.5, 0.6) is 0 Å². The van der Waals surface area contributed by atoms with E-state index in [0.29, 0.717) is 36.8 Å². The van der Waals surface area contributed by atoms with Gasteiger partial charge in [-0.3, -0.25) is 0 Å². The second-order valence-electron chi connectivity index (χ2n) is 5.99. The number of para-hydroxylation sites is 2. The number of imidazole rings is 1. The van der Waals surface area contributed by atoms with Crippen LogP contribution in [-0.2, 0) is 4.74 Å². The van der Waals surface area contributed by atoms with Gasteiger partial charge in [0, 0.05) is 13.1 Å². The van der Waals surface area contributed by atoms with Gasteiger partial charge in [0.15, 0.2) is 11.6 Å². The zero-order valence-electron chi connectivity index (χ0n) is 14.3. The molecule has 132 valence electrons. The van der Waals surface area contributed by atoms with Gasteiger partial charge in [-0.05, 0) is 24.1 Å². The molecular weight excluding hydrogens is 332 g/mol. The standard InChI is InChI=1S/C18H18N6O2/c1-26-18(25)24-8-6-11(7-9-24)14-10-20-16(19)15(21-14)17-22-12-4-2-3-5-13(12)23-17/h2-6,10H,7-9H2,1H3,(H2,19,20)(H,22,23). The molecular formula is C18H18N6O2. The molecule has 3 heterocycles. The number of hydrogen-bond donors (Lipinski definition) is 2. The molecule has 0 atom stereocenters. The fraction of sp³-hybridized carbons (Fsp3) is 0.222. The number of amides is 1. The molecule has 1 aromatic carbocycles. The van der Waals surface area contributed by atoms with Crippen molar-refractivity contribution >= 4 is 28.5 Å². The third kappa shape index (κ3) is 2.85. The first-order valence-electron chi connectivity index (χ1n) is 8.25. The van der Waals surface area contributed by atoms with Gasteiger partial charge in [-0.1, -0.05) is 18.2 Å². The third-order valence-corrected chi connectivity index (χ3v) is 4.39. The highest BCUT2D eigenvalue weighted by atomic mass is 16.5. The maximum atomic E-state index is 11.6. The Bertz CT molecular complexity index is 977. The van der Waals surface area contributed by atoms with Crippen molar-refractivity contribution in [2.45, 2.75) is 6.42 Å². The topological polar surface area (TPSA) is 110 Å². The van der Waals surface area contributed by atoms with E-state index in [1.807, 2.05) is 30.3 Å². The average molecular weight is 350 g/mol. The van der Waals surface area contributed by atoms with E-state index in [9.17, 15) is 4.79 Å². The molecule has 1 amide bonds. The normalized spacial score (nSPS) is 14.3. The van der Waals surface area contributed by atoms with Crippen LogP contribution in [0.3, 0.4) is 0 Å². The first kappa shape index (κ1) is 16.1. The maximum Gasteiger partial charge on any atom is 0.409 e. The van der Waals surface area contributed by atoms with E-state index in [1.54, 1.807) is 11.1 Å². The van der Waals surface area contributed by atoms with E-state index < -0.39 is 0 Å². The molecule has 0 aliphatic carbocycles. The minimum Gasteiger partial charge on any atom is -0.453 e. The Morgan fingerprint density at radius 1 is 1.31 bits per heavy atom. The fourth-order valence-electron chi connectivity index (χ4n) is 2.99. The molecule has 0 fully saturated rings. The number of fused-ring (bicyclic) bond motifs is 1. The Hall–Kier alpha value is -3.42. The number of methoxy groups -OCH3 is 1. The molecule has 0 spiro atoms. The van der Waals surface area contributed by atoms with Crippen LogP contribution in [0.2, 0.25) is 0 Å². The highest BCUT2D eigenvalue weighted by Crippen LogP contribution is 2.26. The summed E-state index contributed by atoms with van der Waals surface area (Å²) >= 11 is 0. The summed E-state index contributed by atoms with van der Waals surface area (Å²) in [6.07, 6.45) is 3.96. The average Bonchev–Trinajstić information content (AvgIpc) is 3.12. The number of carbonyl (C=O) groups is 1. The van der Waals surface area contributed by atoms with Gasteiger partial charge in [0.2, 0.25) is 0 Å². The number of hydrogen-bond acceptors (Lipinski definition) is 6. The highest BCUT2D eigenvalue weighted by Gasteiger charge is 2.20. The molecule has 4 rings (SSSR count). The first-order valence-corrected chi connectivity index (χ1v) is 8.25. The predicted octanol–water partition coefficient (Wildman–Crippen LogP) is 2.46. The van der Waals surface area contributed by atoms with Crippen molar-refractivity contribution in [1.29, 1.82) is 0 Å². The third-order valence-electron chi connectivity index (χ3n) is 4.39. The summed E-state index contributed by atoms with van der Waals surface area (Å²) in [5, 5.41) is 0. The van der Waals surface area contributed by atoms with Gasteiger partial charge in [-0.2, -0.15) is 0 Å². The first-order chi connectivity index (χ1) is 12.7. The Balaban J connectivity index is 1.67.